The Kier molecular flexibility index (Phi) is 3.68. The molecule has 1 N–H and O–H groups in total. The quantitative estimate of drug-likeness (QED) is 0.912. The Morgan fingerprint density at radius 1 is 1.39 bits per heavy atom. The summed E-state index contributed by atoms with van der Waals surface area (Å²) in [5.74, 6) is -1.88. The standard InChI is InChI=1S/C12H15F2NO2S/c1-15-12(8-5-6-18(16,17)7-8)9-3-2-4-10(13)11(9)14/h2-4,8,12,15H,5-7H2,1H3. The second-order valence-corrected chi connectivity index (χ2v) is 6.80. The summed E-state index contributed by atoms with van der Waals surface area (Å²) in [4.78, 5) is 0. The molecule has 0 aromatic heterocycles. The van der Waals surface area contributed by atoms with Gasteiger partial charge in [-0.3, -0.25) is 0 Å². The SMILES string of the molecule is CNC(c1cccc(F)c1F)C1CCS(=O)(=O)C1. The molecule has 1 saturated heterocycles. The minimum Gasteiger partial charge on any atom is -0.313 e. The van der Waals surface area contributed by atoms with Crippen LogP contribution < -0.4 is 5.32 Å². The molecular weight excluding hydrogens is 260 g/mol. The van der Waals surface area contributed by atoms with Crippen molar-refractivity contribution < 1.29 is 17.2 Å². The summed E-state index contributed by atoms with van der Waals surface area (Å²) in [6, 6.07) is 3.50. The van der Waals surface area contributed by atoms with Crippen LogP contribution in [0, 0.1) is 17.6 Å². The summed E-state index contributed by atoms with van der Waals surface area (Å²) in [6.45, 7) is 0. The van der Waals surface area contributed by atoms with Crippen molar-refractivity contribution in [3.05, 3.63) is 35.4 Å². The molecule has 1 aliphatic rings. The van der Waals surface area contributed by atoms with Gasteiger partial charge in [-0.1, -0.05) is 12.1 Å². The van der Waals surface area contributed by atoms with Crippen LogP contribution in [0.4, 0.5) is 8.78 Å². The van der Waals surface area contributed by atoms with Crippen LogP contribution in [0.15, 0.2) is 18.2 Å². The molecule has 0 saturated carbocycles. The first-order chi connectivity index (χ1) is 8.44. The number of sulfone groups is 1. The Bertz CT molecular complexity index is 545. The summed E-state index contributed by atoms with van der Waals surface area (Å²) in [6.07, 6.45) is 0.476. The summed E-state index contributed by atoms with van der Waals surface area (Å²) in [5.41, 5.74) is 0.194. The molecule has 1 aliphatic heterocycles. The smallest absolute Gasteiger partial charge is 0.163 e. The third-order valence-corrected chi connectivity index (χ3v) is 5.16. The van der Waals surface area contributed by atoms with Crippen LogP contribution in [0.3, 0.4) is 0 Å². The normalized spacial score (nSPS) is 24.1. The van der Waals surface area contributed by atoms with Crippen molar-refractivity contribution >= 4 is 9.84 Å². The number of rotatable bonds is 3. The molecule has 2 atom stereocenters. The summed E-state index contributed by atoms with van der Waals surface area (Å²) in [7, 11) is -1.41. The first-order valence-electron chi connectivity index (χ1n) is 5.76. The molecule has 0 aliphatic carbocycles. The fraction of sp³-hybridized carbons (Fsp3) is 0.500. The molecule has 1 aromatic carbocycles. The predicted octanol–water partition coefficient (Wildman–Crippen LogP) is 1.66. The predicted molar refractivity (Wildman–Crippen MR) is 64.9 cm³/mol. The number of hydrogen-bond donors (Lipinski definition) is 1. The maximum absolute atomic E-state index is 13.7. The highest BCUT2D eigenvalue weighted by atomic mass is 32.2. The van der Waals surface area contributed by atoms with Gasteiger partial charge >= 0.3 is 0 Å². The Morgan fingerprint density at radius 2 is 2.11 bits per heavy atom. The second kappa shape index (κ2) is 4.93. The van der Waals surface area contributed by atoms with Crippen molar-refractivity contribution in [2.24, 2.45) is 5.92 Å². The van der Waals surface area contributed by atoms with Crippen molar-refractivity contribution in [1.82, 2.24) is 5.32 Å². The molecule has 1 heterocycles. The number of benzene rings is 1. The third-order valence-electron chi connectivity index (χ3n) is 3.37. The van der Waals surface area contributed by atoms with Crippen molar-refractivity contribution in [2.45, 2.75) is 12.5 Å². The first-order valence-corrected chi connectivity index (χ1v) is 7.58. The Morgan fingerprint density at radius 3 is 2.67 bits per heavy atom. The third kappa shape index (κ3) is 2.54. The second-order valence-electron chi connectivity index (χ2n) is 4.57. The highest BCUT2D eigenvalue weighted by Crippen LogP contribution is 2.32. The number of nitrogens with one attached hydrogen (secondary N) is 1. The lowest BCUT2D eigenvalue weighted by Gasteiger charge is -2.23. The van der Waals surface area contributed by atoms with Gasteiger partial charge in [0.1, 0.15) is 0 Å². The molecule has 2 unspecified atom stereocenters. The van der Waals surface area contributed by atoms with E-state index in [0.29, 0.717) is 6.42 Å². The van der Waals surface area contributed by atoms with Crippen LogP contribution in [-0.4, -0.2) is 27.0 Å². The van der Waals surface area contributed by atoms with E-state index in [0.717, 1.165) is 6.07 Å². The molecule has 3 nitrogen and oxygen atoms in total. The lowest BCUT2D eigenvalue weighted by molar-refractivity contribution is 0.393. The number of halogens is 2. The zero-order chi connectivity index (χ0) is 13.3. The van der Waals surface area contributed by atoms with Gasteiger partial charge in [-0.05, 0) is 25.5 Å². The van der Waals surface area contributed by atoms with Gasteiger partial charge in [-0.15, -0.1) is 0 Å². The number of hydrogen-bond acceptors (Lipinski definition) is 3. The molecule has 0 spiro atoms. The van der Waals surface area contributed by atoms with Crippen LogP contribution in [0.1, 0.15) is 18.0 Å². The van der Waals surface area contributed by atoms with E-state index < -0.39 is 27.5 Å². The highest BCUT2D eigenvalue weighted by Gasteiger charge is 2.35. The minimum absolute atomic E-state index is 0.0223. The van der Waals surface area contributed by atoms with Gasteiger partial charge in [0.2, 0.25) is 0 Å². The van der Waals surface area contributed by atoms with Gasteiger partial charge in [-0.2, -0.15) is 0 Å². The van der Waals surface area contributed by atoms with Crippen molar-refractivity contribution in [1.29, 1.82) is 0 Å². The molecule has 1 fully saturated rings. The summed E-state index contributed by atoms with van der Waals surface area (Å²) < 4.78 is 49.8. The zero-order valence-corrected chi connectivity index (χ0v) is 10.8. The molecule has 1 aromatic rings. The molecule has 18 heavy (non-hydrogen) atoms. The average Bonchev–Trinajstić information content (AvgIpc) is 2.66. The van der Waals surface area contributed by atoms with Gasteiger partial charge in [-0.25, -0.2) is 17.2 Å². The molecule has 0 amide bonds. The van der Waals surface area contributed by atoms with Gasteiger partial charge in [0, 0.05) is 11.6 Å². The van der Waals surface area contributed by atoms with E-state index in [2.05, 4.69) is 5.32 Å². The van der Waals surface area contributed by atoms with E-state index in [1.54, 1.807) is 7.05 Å². The van der Waals surface area contributed by atoms with Crippen LogP contribution >= 0.6 is 0 Å². The average molecular weight is 275 g/mol. The molecule has 0 bridgehead atoms. The Labute approximate surface area is 105 Å². The van der Waals surface area contributed by atoms with Crippen LogP contribution in [0.5, 0.6) is 0 Å². The monoisotopic (exact) mass is 275 g/mol. The largest absolute Gasteiger partial charge is 0.313 e. The molecule has 6 heteroatoms. The van der Waals surface area contributed by atoms with Crippen LogP contribution in [0.2, 0.25) is 0 Å². The molecule has 2 rings (SSSR count). The van der Waals surface area contributed by atoms with Crippen molar-refractivity contribution in [3.8, 4) is 0 Å². The van der Waals surface area contributed by atoms with Crippen molar-refractivity contribution in [3.63, 3.8) is 0 Å². The van der Waals surface area contributed by atoms with E-state index in [1.165, 1.54) is 12.1 Å². The van der Waals surface area contributed by atoms with Gasteiger partial charge in [0.25, 0.3) is 0 Å². The summed E-state index contributed by atoms with van der Waals surface area (Å²) in [5, 5.41) is 2.90. The fourth-order valence-electron chi connectivity index (χ4n) is 2.49. The van der Waals surface area contributed by atoms with Gasteiger partial charge < -0.3 is 5.32 Å². The van der Waals surface area contributed by atoms with Gasteiger partial charge in [0.05, 0.1) is 11.5 Å². The molecule has 0 radical (unpaired) electrons. The van der Waals surface area contributed by atoms with Crippen LogP contribution in [-0.2, 0) is 9.84 Å². The summed E-state index contributed by atoms with van der Waals surface area (Å²) >= 11 is 0. The zero-order valence-electron chi connectivity index (χ0n) is 9.99. The van der Waals surface area contributed by atoms with E-state index in [1.807, 2.05) is 0 Å². The molecule has 100 valence electrons. The van der Waals surface area contributed by atoms with E-state index in [4.69, 9.17) is 0 Å². The fourth-order valence-corrected chi connectivity index (χ4v) is 4.33. The van der Waals surface area contributed by atoms with E-state index in [9.17, 15) is 17.2 Å². The topological polar surface area (TPSA) is 46.2 Å². The van der Waals surface area contributed by atoms with Crippen LogP contribution in [0.25, 0.3) is 0 Å². The maximum atomic E-state index is 13.7. The first kappa shape index (κ1) is 13.4. The van der Waals surface area contributed by atoms with Crippen molar-refractivity contribution in [2.75, 3.05) is 18.6 Å². The minimum atomic E-state index is -3.04. The lowest BCUT2D eigenvalue weighted by atomic mass is 9.92. The Balaban J connectivity index is 2.32. The Hall–Kier alpha value is -1.01. The maximum Gasteiger partial charge on any atom is 0.163 e. The highest BCUT2D eigenvalue weighted by molar-refractivity contribution is 7.91. The van der Waals surface area contributed by atoms with Gasteiger partial charge in [0.15, 0.2) is 21.5 Å². The van der Waals surface area contributed by atoms with E-state index >= 15 is 0 Å². The molecular formula is C12H15F2NO2S. The lowest BCUT2D eigenvalue weighted by Crippen LogP contribution is -2.27. The van der Waals surface area contributed by atoms with E-state index in [-0.39, 0.29) is 23.0 Å².